The summed E-state index contributed by atoms with van der Waals surface area (Å²) in [6, 6.07) is 0. The van der Waals surface area contributed by atoms with Gasteiger partial charge in [-0.05, 0) is 19.8 Å². The highest BCUT2D eigenvalue weighted by molar-refractivity contribution is 8.20. The SMILES string of the molecule is C=CCNC(=O)c1oc2c(c1C)C1(CCC2)SCCS1. The first-order valence-electron chi connectivity index (χ1n) is 6.98. The molecule has 20 heavy (non-hydrogen) atoms. The Labute approximate surface area is 127 Å². The summed E-state index contributed by atoms with van der Waals surface area (Å²) in [5, 5.41) is 2.81. The molecule has 0 atom stereocenters. The van der Waals surface area contributed by atoms with E-state index in [2.05, 4.69) is 11.9 Å². The fourth-order valence-electron chi connectivity index (χ4n) is 3.06. The number of hydrogen-bond donors (Lipinski definition) is 1. The molecular formula is C15H19NO2S2. The zero-order valence-corrected chi connectivity index (χ0v) is 13.3. The van der Waals surface area contributed by atoms with E-state index in [-0.39, 0.29) is 9.99 Å². The first-order valence-corrected chi connectivity index (χ1v) is 8.95. The molecule has 3 nitrogen and oxygen atoms in total. The third-order valence-electron chi connectivity index (χ3n) is 3.88. The van der Waals surface area contributed by atoms with Crippen molar-refractivity contribution in [3.8, 4) is 0 Å². The van der Waals surface area contributed by atoms with Crippen LogP contribution in [0.3, 0.4) is 0 Å². The molecule has 1 aliphatic heterocycles. The highest BCUT2D eigenvalue weighted by Crippen LogP contribution is 2.59. The van der Waals surface area contributed by atoms with Crippen LogP contribution in [0.25, 0.3) is 0 Å². The van der Waals surface area contributed by atoms with Gasteiger partial charge in [-0.2, -0.15) is 0 Å². The van der Waals surface area contributed by atoms with Crippen LogP contribution in [0.2, 0.25) is 0 Å². The van der Waals surface area contributed by atoms with E-state index in [9.17, 15) is 4.79 Å². The Kier molecular flexibility index (Phi) is 3.91. The molecule has 0 radical (unpaired) electrons. The van der Waals surface area contributed by atoms with E-state index in [1.54, 1.807) is 6.08 Å². The van der Waals surface area contributed by atoms with E-state index in [4.69, 9.17) is 4.42 Å². The Morgan fingerprint density at radius 3 is 2.95 bits per heavy atom. The van der Waals surface area contributed by atoms with Crippen LogP contribution in [0.1, 0.15) is 40.3 Å². The predicted molar refractivity (Wildman–Crippen MR) is 85.5 cm³/mol. The van der Waals surface area contributed by atoms with E-state index in [1.165, 1.54) is 23.5 Å². The number of carbonyl (C=O) groups is 1. The number of rotatable bonds is 3. The van der Waals surface area contributed by atoms with Crippen molar-refractivity contribution < 1.29 is 9.21 Å². The molecule has 1 aromatic rings. The number of nitrogens with one attached hydrogen (secondary N) is 1. The van der Waals surface area contributed by atoms with Gasteiger partial charge in [-0.15, -0.1) is 30.1 Å². The lowest BCUT2D eigenvalue weighted by Gasteiger charge is -2.31. The lowest BCUT2D eigenvalue weighted by atomic mass is 9.94. The van der Waals surface area contributed by atoms with Gasteiger partial charge < -0.3 is 9.73 Å². The van der Waals surface area contributed by atoms with Crippen molar-refractivity contribution in [2.24, 2.45) is 0 Å². The first-order chi connectivity index (χ1) is 9.68. The maximum Gasteiger partial charge on any atom is 0.287 e. The van der Waals surface area contributed by atoms with Crippen molar-refractivity contribution in [3.63, 3.8) is 0 Å². The molecule has 1 N–H and O–H groups in total. The molecule has 1 saturated heterocycles. The standard InChI is InChI=1S/C15H19NO2S2/c1-3-7-16-14(17)13-10(2)12-11(18-13)5-4-6-15(12)19-8-9-20-15/h3H,1,4-9H2,2H3,(H,16,17). The fourth-order valence-corrected chi connectivity index (χ4v) is 6.62. The van der Waals surface area contributed by atoms with Crippen LogP contribution >= 0.6 is 23.5 Å². The Morgan fingerprint density at radius 1 is 1.50 bits per heavy atom. The van der Waals surface area contributed by atoms with E-state index >= 15 is 0 Å². The van der Waals surface area contributed by atoms with Gasteiger partial charge in [-0.1, -0.05) is 6.08 Å². The number of thioether (sulfide) groups is 2. The summed E-state index contributed by atoms with van der Waals surface area (Å²) in [7, 11) is 0. The van der Waals surface area contributed by atoms with Gasteiger partial charge >= 0.3 is 0 Å². The number of hydrogen-bond acceptors (Lipinski definition) is 4. The zero-order chi connectivity index (χ0) is 14.2. The monoisotopic (exact) mass is 309 g/mol. The number of carbonyl (C=O) groups excluding carboxylic acids is 1. The van der Waals surface area contributed by atoms with E-state index in [1.807, 2.05) is 30.4 Å². The number of amides is 1. The van der Waals surface area contributed by atoms with Crippen molar-refractivity contribution in [1.82, 2.24) is 5.32 Å². The molecule has 1 amide bonds. The maximum absolute atomic E-state index is 12.2. The second kappa shape index (κ2) is 5.53. The summed E-state index contributed by atoms with van der Waals surface area (Å²) in [6.45, 7) is 6.12. The van der Waals surface area contributed by atoms with E-state index in [0.717, 1.165) is 24.2 Å². The number of aryl methyl sites for hydroxylation is 1. The Morgan fingerprint density at radius 2 is 2.25 bits per heavy atom. The Hall–Kier alpha value is -0.810. The summed E-state index contributed by atoms with van der Waals surface area (Å²) in [4.78, 5) is 12.2. The van der Waals surface area contributed by atoms with Gasteiger partial charge in [0.15, 0.2) is 5.76 Å². The second-order valence-corrected chi connectivity index (χ2v) is 8.20. The number of furan rings is 1. The van der Waals surface area contributed by atoms with Crippen molar-refractivity contribution in [3.05, 3.63) is 35.3 Å². The average molecular weight is 309 g/mol. The van der Waals surface area contributed by atoms with Crippen LogP contribution in [0, 0.1) is 6.92 Å². The lowest BCUT2D eigenvalue weighted by molar-refractivity contribution is 0.0927. The van der Waals surface area contributed by atoms with Gasteiger partial charge in [0.1, 0.15) is 5.76 Å². The predicted octanol–water partition coefficient (Wildman–Crippen LogP) is 3.47. The van der Waals surface area contributed by atoms with Crippen molar-refractivity contribution >= 4 is 29.4 Å². The highest BCUT2D eigenvalue weighted by atomic mass is 32.2. The van der Waals surface area contributed by atoms with Crippen molar-refractivity contribution in [1.29, 1.82) is 0 Å². The molecule has 3 rings (SSSR count). The first kappa shape index (κ1) is 14.1. The molecule has 108 valence electrons. The quantitative estimate of drug-likeness (QED) is 0.868. The van der Waals surface area contributed by atoms with Gasteiger partial charge in [0.2, 0.25) is 0 Å². The molecule has 2 heterocycles. The maximum atomic E-state index is 12.2. The summed E-state index contributed by atoms with van der Waals surface area (Å²) in [5.74, 6) is 3.77. The molecule has 5 heteroatoms. The van der Waals surface area contributed by atoms with Gasteiger partial charge in [-0.3, -0.25) is 4.79 Å². The van der Waals surface area contributed by atoms with E-state index in [0.29, 0.717) is 12.3 Å². The second-order valence-electron chi connectivity index (χ2n) is 5.16. The summed E-state index contributed by atoms with van der Waals surface area (Å²) in [5.41, 5.74) is 2.32. The van der Waals surface area contributed by atoms with Crippen LogP contribution in [-0.2, 0) is 10.5 Å². The topological polar surface area (TPSA) is 42.2 Å². The lowest BCUT2D eigenvalue weighted by Crippen LogP contribution is -2.24. The summed E-state index contributed by atoms with van der Waals surface area (Å²) >= 11 is 4.04. The minimum atomic E-state index is -0.125. The smallest absolute Gasteiger partial charge is 0.287 e. The Bertz CT molecular complexity index is 544. The van der Waals surface area contributed by atoms with Crippen LogP contribution in [0.5, 0.6) is 0 Å². The molecule has 0 aromatic carbocycles. The molecule has 1 aromatic heterocycles. The van der Waals surface area contributed by atoms with Gasteiger partial charge in [0.25, 0.3) is 5.91 Å². The molecule has 2 aliphatic rings. The molecule has 0 saturated carbocycles. The summed E-state index contributed by atoms with van der Waals surface area (Å²) in [6.07, 6.45) is 4.96. The molecule has 0 unspecified atom stereocenters. The molecule has 1 spiro atoms. The van der Waals surface area contributed by atoms with E-state index < -0.39 is 0 Å². The van der Waals surface area contributed by atoms with Gasteiger partial charge in [-0.25, -0.2) is 0 Å². The Balaban J connectivity index is 1.98. The van der Waals surface area contributed by atoms with Gasteiger partial charge in [0.05, 0.1) is 4.08 Å². The van der Waals surface area contributed by atoms with Crippen LogP contribution in [0.15, 0.2) is 17.1 Å². The van der Waals surface area contributed by atoms with Crippen LogP contribution in [-0.4, -0.2) is 24.0 Å². The molecule has 1 fully saturated rings. The normalized spacial score (nSPS) is 19.9. The summed E-state index contributed by atoms with van der Waals surface area (Å²) < 4.78 is 6.05. The average Bonchev–Trinajstić information content (AvgIpc) is 3.03. The number of fused-ring (bicyclic) bond motifs is 2. The van der Waals surface area contributed by atoms with Crippen molar-refractivity contribution in [2.75, 3.05) is 18.1 Å². The van der Waals surface area contributed by atoms with Crippen molar-refractivity contribution in [2.45, 2.75) is 30.3 Å². The molecular weight excluding hydrogens is 290 g/mol. The third kappa shape index (κ3) is 2.21. The minimum Gasteiger partial charge on any atom is -0.455 e. The minimum absolute atomic E-state index is 0.125. The van der Waals surface area contributed by atoms with Gasteiger partial charge in [0, 0.05) is 35.6 Å². The van der Waals surface area contributed by atoms with Crippen LogP contribution < -0.4 is 5.32 Å². The molecule has 0 bridgehead atoms. The fraction of sp³-hybridized carbons (Fsp3) is 0.533. The highest BCUT2D eigenvalue weighted by Gasteiger charge is 2.45. The van der Waals surface area contributed by atoms with Crippen LogP contribution in [0.4, 0.5) is 0 Å². The largest absolute Gasteiger partial charge is 0.455 e. The molecule has 1 aliphatic carbocycles. The zero-order valence-electron chi connectivity index (χ0n) is 11.7. The third-order valence-corrected chi connectivity index (χ3v) is 7.41.